The topological polar surface area (TPSA) is 46.5 Å². The van der Waals surface area contributed by atoms with Crippen molar-refractivity contribution in [3.8, 4) is 16.9 Å². The molecule has 4 aromatic rings. The molecule has 0 aromatic heterocycles. The summed E-state index contributed by atoms with van der Waals surface area (Å²) < 4.78 is 4.95. The maximum atomic E-state index is 12.2. The lowest BCUT2D eigenvalue weighted by Crippen LogP contribution is -2.02. The number of carbonyl (C=O) groups is 1. The SMILES string of the molecule is COC(=O)c1cccc2cccc(-c3ccc4cc(O)ccc4c3)c12. The summed E-state index contributed by atoms with van der Waals surface area (Å²) >= 11 is 0. The van der Waals surface area contributed by atoms with Gasteiger partial charge in [0, 0.05) is 5.39 Å². The molecule has 0 unspecified atom stereocenters. The first kappa shape index (κ1) is 15.2. The predicted molar refractivity (Wildman–Crippen MR) is 99.9 cm³/mol. The minimum absolute atomic E-state index is 0.249. The summed E-state index contributed by atoms with van der Waals surface area (Å²) in [5, 5.41) is 13.5. The van der Waals surface area contributed by atoms with Crippen LogP contribution >= 0.6 is 0 Å². The molecule has 0 aliphatic heterocycles. The van der Waals surface area contributed by atoms with Crippen molar-refractivity contribution in [2.24, 2.45) is 0 Å². The zero-order chi connectivity index (χ0) is 17.4. The fourth-order valence-electron chi connectivity index (χ4n) is 3.26. The third kappa shape index (κ3) is 2.60. The van der Waals surface area contributed by atoms with E-state index < -0.39 is 0 Å². The average molecular weight is 328 g/mol. The summed E-state index contributed by atoms with van der Waals surface area (Å²) in [7, 11) is 1.40. The monoisotopic (exact) mass is 328 g/mol. The zero-order valence-electron chi connectivity index (χ0n) is 13.7. The molecule has 0 aliphatic carbocycles. The molecule has 0 amide bonds. The Balaban J connectivity index is 2.00. The lowest BCUT2D eigenvalue weighted by Gasteiger charge is -2.12. The van der Waals surface area contributed by atoms with Crippen molar-refractivity contribution in [3.63, 3.8) is 0 Å². The van der Waals surface area contributed by atoms with Gasteiger partial charge in [-0.25, -0.2) is 4.79 Å². The van der Waals surface area contributed by atoms with Crippen LogP contribution in [0.5, 0.6) is 5.75 Å². The number of phenols is 1. The number of phenolic OH excluding ortho intramolecular Hbond substituents is 1. The Bertz CT molecular complexity index is 1110. The highest BCUT2D eigenvalue weighted by atomic mass is 16.5. The Labute approximate surface area is 145 Å². The maximum Gasteiger partial charge on any atom is 0.338 e. The molecule has 122 valence electrons. The first-order chi connectivity index (χ1) is 12.2. The molecule has 1 N–H and O–H groups in total. The molecule has 25 heavy (non-hydrogen) atoms. The number of esters is 1. The minimum atomic E-state index is -0.344. The fourth-order valence-corrected chi connectivity index (χ4v) is 3.26. The minimum Gasteiger partial charge on any atom is -0.508 e. The van der Waals surface area contributed by atoms with Crippen molar-refractivity contribution < 1.29 is 14.6 Å². The normalized spacial score (nSPS) is 10.9. The number of benzene rings is 4. The van der Waals surface area contributed by atoms with E-state index in [1.54, 1.807) is 18.2 Å². The van der Waals surface area contributed by atoms with Gasteiger partial charge >= 0.3 is 5.97 Å². The second-order valence-corrected chi connectivity index (χ2v) is 5.95. The van der Waals surface area contributed by atoms with Gasteiger partial charge in [0.05, 0.1) is 12.7 Å². The first-order valence-electron chi connectivity index (χ1n) is 8.00. The van der Waals surface area contributed by atoms with Crippen LogP contribution in [0.1, 0.15) is 10.4 Å². The van der Waals surface area contributed by atoms with Gasteiger partial charge in [0.15, 0.2) is 0 Å². The Morgan fingerprint density at radius 1 is 0.840 bits per heavy atom. The van der Waals surface area contributed by atoms with Gasteiger partial charge in [-0.2, -0.15) is 0 Å². The van der Waals surface area contributed by atoms with Crippen molar-refractivity contribution in [2.75, 3.05) is 7.11 Å². The van der Waals surface area contributed by atoms with E-state index in [1.807, 2.05) is 48.5 Å². The van der Waals surface area contributed by atoms with E-state index in [1.165, 1.54) is 7.11 Å². The summed E-state index contributed by atoms with van der Waals surface area (Å²) in [6, 6.07) is 23.0. The number of ether oxygens (including phenoxy) is 1. The van der Waals surface area contributed by atoms with Crippen molar-refractivity contribution >= 4 is 27.5 Å². The summed E-state index contributed by atoms with van der Waals surface area (Å²) in [4.78, 5) is 12.2. The number of carbonyl (C=O) groups excluding carboxylic acids is 1. The molecule has 3 heteroatoms. The first-order valence-corrected chi connectivity index (χ1v) is 8.00. The van der Waals surface area contributed by atoms with Crippen LogP contribution in [0.2, 0.25) is 0 Å². The third-order valence-electron chi connectivity index (χ3n) is 4.44. The van der Waals surface area contributed by atoms with Crippen LogP contribution < -0.4 is 0 Å². The third-order valence-corrected chi connectivity index (χ3v) is 4.44. The van der Waals surface area contributed by atoms with Gasteiger partial charge in [-0.3, -0.25) is 0 Å². The second kappa shape index (κ2) is 5.95. The van der Waals surface area contributed by atoms with Gasteiger partial charge in [0.2, 0.25) is 0 Å². The van der Waals surface area contributed by atoms with Crippen molar-refractivity contribution in [3.05, 3.63) is 78.4 Å². The molecule has 0 saturated heterocycles. The highest BCUT2D eigenvalue weighted by Crippen LogP contribution is 2.33. The Hall–Kier alpha value is -3.33. The molecule has 3 nitrogen and oxygen atoms in total. The number of methoxy groups -OCH3 is 1. The highest BCUT2D eigenvalue weighted by Gasteiger charge is 2.14. The summed E-state index contributed by atoms with van der Waals surface area (Å²) in [5.41, 5.74) is 2.55. The van der Waals surface area contributed by atoms with E-state index in [9.17, 15) is 9.90 Å². The Morgan fingerprint density at radius 2 is 1.56 bits per heavy atom. The molecule has 0 saturated carbocycles. The van der Waals surface area contributed by atoms with E-state index in [4.69, 9.17) is 4.74 Å². The van der Waals surface area contributed by atoms with Crippen LogP contribution in [0.3, 0.4) is 0 Å². The molecule has 0 radical (unpaired) electrons. The van der Waals surface area contributed by atoms with E-state index in [0.29, 0.717) is 5.56 Å². The van der Waals surface area contributed by atoms with Gasteiger partial charge in [-0.15, -0.1) is 0 Å². The van der Waals surface area contributed by atoms with Crippen molar-refractivity contribution in [1.29, 1.82) is 0 Å². The number of rotatable bonds is 2. The van der Waals surface area contributed by atoms with Crippen LogP contribution in [0, 0.1) is 0 Å². The number of hydrogen-bond donors (Lipinski definition) is 1. The molecule has 0 atom stereocenters. The van der Waals surface area contributed by atoms with Gasteiger partial charge in [0.1, 0.15) is 5.75 Å². The standard InChI is InChI=1S/C22H16O3/c1-25-22(24)20-7-3-5-14-4-2-6-19(21(14)20)17-9-8-16-13-18(23)11-10-15(16)12-17/h2-13,23H,1H3. The molecular formula is C22H16O3. The second-order valence-electron chi connectivity index (χ2n) is 5.95. The predicted octanol–water partition coefficient (Wildman–Crippen LogP) is 5.15. The van der Waals surface area contributed by atoms with E-state index in [2.05, 4.69) is 6.07 Å². The molecule has 4 rings (SSSR count). The van der Waals surface area contributed by atoms with E-state index >= 15 is 0 Å². The number of fused-ring (bicyclic) bond motifs is 2. The molecular weight excluding hydrogens is 312 g/mol. The molecule has 0 fully saturated rings. The van der Waals surface area contributed by atoms with Crippen LogP contribution in [-0.4, -0.2) is 18.2 Å². The van der Waals surface area contributed by atoms with Gasteiger partial charge in [0.25, 0.3) is 0 Å². The summed E-state index contributed by atoms with van der Waals surface area (Å²) in [5.74, 6) is -0.0952. The zero-order valence-corrected chi connectivity index (χ0v) is 13.7. The average Bonchev–Trinajstić information content (AvgIpc) is 2.66. The lowest BCUT2D eigenvalue weighted by atomic mass is 9.93. The smallest absolute Gasteiger partial charge is 0.338 e. The van der Waals surface area contributed by atoms with Gasteiger partial charge < -0.3 is 9.84 Å². The Kier molecular flexibility index (Phi) is 3.62. The highest BCUT2D eigenvalue weighted by molar-refractivity contribution is 6.11. The molecule has 0 aliphatic rings. The number of aromatic hydroxyl groups is 1. The van der Waals surface area contributed by atoms with Crippen molar-refractivity contribution in [1.82, 2.24) is 0 Å². The van der Waals surface area contributed by atoms with Gasteiger partial charge in [-0.1, -0.05) is 48.5 Å². The van der Waals surface area contributed by atoms with E-state index in [-0.39, 0.29) is 11.7 Å². The molecule has 0 bridgehead atoms. The largest absolute Gasteiger partial charge is 0.508 e. The lowest BCUT2D eigenvalue weighted by molar-refractivity contribution is 0.0603. The van der Waals surface area contributed by atoms with Crippen LogP contribution in [-0.2, 0) is 4.74 Å². The van der Waals surface area contributed by atoms with Gasteiger partial charge in [-0.05, 0) is 51.6 Å². The molecule has 0 heterocycles. The maximum absolute atomic E-state index is 12.2. The van der Waals surface area contributed by atoms with Crippen LogP contribution in [0.15, 0.2) is 72.8 Å². The van der Waals surface area contributed by atoms with Crippen LogP contribution in [0.4, 0.5) is 0 Å². The van der Waals surface area contributed by atoms with E-state index in [0.717, 1.165) is 32.7 Å². The van der Waals surface area contributed by atoms with Crippen molar-refractivity contribution in [2.45, 2.75) is 0 Å². The molecule has 4 aromatic carbocycles. The fraction of sp³-hybridized carbons (Fsp3) is 0.0455. The summed E-state index contributed by atoms with van der Waals surface area (Å²) in [6.07, 6.45) is 0. The summed E-state index contributed by atoms with van der Waals surface area (Å²) in [6.45, 7) is 0. The van der Waals surface area contributed by atoms with Crippen LogP contribution in [0.25, 0.3) is 32.7 Å². The Morgan fingerprint density at radius 3 is 2.36 bits per heavy atom. The molecule has 0 spiro atoms. The quantitative estimate of drug-likeness (QED) is 0.517. The number of hydrogen-bond acceptors (Lipinski definition) is 3.